The van der Waals surface area contributed by atoms with Crippen LogP contribution < -0.4 is 15.4 Å². The van der Waals surface area contributed by atoms with Gasteiger partial charge in [0.15, 0.2) is 0 Å². The van der Waals surface area contributed by atoms with Crippen LogP contribution in [0, 0.1) is 0 Å². The summed E-state index contributed by atoms with van der Waals surface area (Å²) >= 11 is 0. The zero-order chi connectivity index (χ0) is 17.4. The summed E-state index contributed by atoms with van der Waals surface area (Å²) < 4.78 is 5.11. The van der Waals surface area contributed by atoms with E-state index in [4.69, 9.17) is 4.74 Å². The van der Waals surface area contributed by atoms with Gasteiger partial charge in [-0.25, -0.2) is 9.97 Å². The Balaban J connectivity index is 1.86. The highest BCUT2D eigenvalue weighted by Crippen LogP contribution is 2.18. The van der Waals surface area contributed by atoms with Gasteiger partial charge in [-0.2, -0.15) is 0 Å². The third-order valence-corrected chi connectivity index (χ3v) is 3.31. The van der Waals surface area contributed by atoms with Gasteiger partial charge in [-0.05, 0) is 51.3 Å². The average Bonchev–Trinajstić information content (AvgIpc) is 2.59. The first kappa shape index (κ1) is 17.7. The van der Waals surface area contributed by atoms with Crippen LogP contribution in [-0.4, -0.2) is 55.1 Å². The van der Waals surface area contributed by atoms with E-state index in [0.29, 0.717) is 18.1 Å². The Kier molecular flexibility index (Phi) is 6.51. The van der Waals surface area contributed by atoms with E-state index >= 15 is 0 Å². The molecule has 0 bridgehead atoms. The molecule has 0 aliphatic rings. The molecule has 1 aromatic carbocycles. The Labute approximate surface area is 142 Å². The largest absolute Gasteiger partial charge is 0.497 e. The Morgan fingerprint density at radius 1 is 1.17 bits per heavy atom. The molecule has 0 saturated heterocycles. The number of carbonyl (C=O) groups is 1. The van der Waals surface area contributed by atoms with Crippen LogP contribution in [0.25, 0.3) is 0 Å². The molecule has 7 heteroatoms. The molecule has 0 aliphatic heterocycles. The van der Waals surface area contributed by atoms with E-state index in [0.717, 1.165) is 24.4 Å². The molecule has 0 aliphatic carbocycles. The number of hydrogen-bond acceptors (Lipinski definition) is 6. The molecule has 0 unspecified atom stereocenters. The molecule has 1 heterocycles. The Hall–Kier alpha value is -2.67. The predicted octanol–water partition coefficient (Wildman–Crippen LogP) is 1.91. The molecule has 0 saturated carbocycles. The minimum Gasteiger partial charge on any atom is -0.497 e. The van der Waals surface area contributed by atoms with E-state index in [1.165, 1.54) is 6.20 Å². The summed E-state index contributed by atoms with van der Waals surface area (Å²) in [5.41, 5.74) is 1.17. The Bertz CT molecular complexity index is 641. The fraction of sp³-hybridized carbons (Fsp3) is 0.353. The van der Waals surface area contributed by atoms with Crippen LogP contribution in [0.1, 0.15) is 16.9 Å². The SMILES string of the molecule is COc1ccc(Nc2cnc(C(=O)NCCCN(C)C)cn2)cc1. The smallest absolute Gasteiger partial charge is 0.271 e. The summed E-state index contributed by atoms with van der Waals surface area (Å²) in [6, 6.07) is 7.47. The van der Waals surface area contributed by atoms with E-state index in [-0.39, 0.29) is 5.91 Å². The van der Waals surface area contributed by atoms with Gasteiger partial charge in [-0.3, -0.25) is 4.79 Å². The number of amides is 1. The Morgan fingerprint density at radius 3 is 2.50 bits per heavy atom. The predicted molar refractivity (Wildman–Crippen MR) is 93.8 cm³/mol. The maximum atomic E-state index is 12.0. The third-order valence-electron chi connectivity index (χ3n) is 3.31. The minimum absolute atomic E-state index is 0.211. The molecular weight excluding hydrogens is 306 g/mol. The number of aromatic nitrogens is 2. The number of ether oxygens (including phenoxy) is 1. The van der Waals surface area contributed by atoms with Gasteiger partial charge < -0.3 is 20.3 Å². The van der Waals surface area contributed by atoms with Crippen molar-refractivity contribution in [3.8, 4) is 5.75 Å². The second kappa shape index (κ2) is 8.83. The van der Waals surface area contributed by atoms with Gasteiger partial charge in [-0.15, -0.1) is 0 Å². The zero-order valence-corrected chi connectivity index (χ0v) is 14.2. The van der Waals surface area contributed by atoms with E-state index in [9.17, 15) is 4.79 Å². The summed E-state index contributed by atoms with van der Waals surface area (Å²) in [5, 5.41) is 5.95. The summed E-state index contributed by atoms with van der Waals surface area (Å²) in [6.45, 7) is 1.54. The van der Waals surface area contributed by atoms with Crippen LogP contribution in [0.2, 0.25) is 0 Å². The van der Waals surface area contributed by atoms with Gasteiger partial charge in [0.2, 0.25) is 0 Å². The van der Waals surface area contributed by atoms with Crippen molar-refractivity contribution in [3.63, 3.8) is 0 Å². The first-order valence-electron chi connectivity index (χ1n) is 7.74. The topological polar surface area (TPSA) is 79.4 Å². The van der Waals surface area contributed by atoms with Gasteiger partial charge in [-0.1, -0.05) is 0 Å². The molecule has 0 radical (unpaired) electrons. The van der Waals surface area contributed by atoms with E-state index in [2.05, 4.69) is 25.5 Å². The van der Waals surface area contributed by atoms with Crippen molar-refractivity contribution >= 4 is 17.4 Å². The first-order valence-corrected chi connectivity index (χ1v) is 7.74. The molecular formula is C17H23N5O2. The van der Waals surface area contributed by atoms with E-state index in [1.54, 1.807) is 13.3 Å². The molecule has 0 atom stereocenters. The molecule has 0 fully saturated rings. The lowest BCUT2D eigenvalue weighted by atomic mass is 10.3. The van der Waals surface area contributed by atoms with Gasteiger partial charge in [0.25, 0.3) is 5.91 Å². The first-order chi connectivity index (χ1) is 11.6. The maximum absolute atomic E-state index is 12.0. The van der Waals surface area contributed by atoms with Crippen molar-refractivity contribution in [3.05, 3.63) is 42.4 Å². The van der Waals surface area contributed by atoms with Gasteiger partial charge in [0, 0.05) is 12.2 Å². The molecule has 2 rings (SSSR count). The third kappa shape index (κ3) is 5.51. The molecule has 1 amide bonds. The van der Waals surface area contributed by atoms with Gasteiger partial charge in [0.05, 0.1) is 19.5 Å². The zero-order valence-electron chi connectivity index (χ0n) is 14.2. The number of carbonyl (C=O) groups excluding carboxylic acids is 1. The molecule has 1 aromatic heterocycles. The summed E-state index contributed by atoms with van der Waals surface area (Å²) in [7, 11) is 5.63. The van der Waals surface area contributed by atoms with E-state index < -0.39 is 0 Å². The quantitative estimate of drug-likeness (QED) is 0.720. The number of rotatable bonds is 8. The van der Waals surface area contributed by atoms with Crippen molar-refractivity contribution in [2.75, 3.05) is 39.6 Å². The lowest BCUT2D eigenvalue weighted by Crippen LogP contribution is -2.27. The summed E-state index contributed by atoms with van der Waals surface area (Å²) in [5.74, 6) is 1.15. The van der Waals surface area contributed by atoms with Crippen molar-refractivity contribution < 1.29 is 9.53 Å². The molecule has 128 valence electrons. The van der Waals surface area contributed by atoms with Crippen LogP contribution in [0.3, 0.4) is 0 Å². The van der Waals surface area contributed by atoms with E-state index in [1.807, 2.05) is 38.4 Å². The van der Waals surface area contributed by atoms with Crippen LogP contribution in [0.4, 0.5) is 11.5 Å². The van der Waals surface area contributed by atoms with Crippen LogP contribution in [-0.2, 0) is 0 Å². The van der Waals surface area contributed by atoms with Crippen LogP contribution in [0.5, 0.6) is 5.75 Å². The van der Waals surface area contributed by atoms with Crippen LogP contribution in [0.15, 0.2) is 36.7 Å². The second-order valence-electron chi connectivity index (χ2n) is 5.55. The number of nitrogens with zero attached hydrogens (tertiary/aromatic N) is 3. The standard InChI is InChI=1S/C17H23N5O2/c1-22(2)10-4-9-18-17(23)15-11-20-16(12-19-15)21-13-5-7-14(24-3)8-6-13/h5-8,11-12H,4,9-10H2,1-3H3,(H,18,23)(H,20,21). The highest BCUT2D eigenvalue weighted by Gasteiger charge is 2.07. The van der Waals surface area contributed by atoms with Crippen molar-refractivity contribution in [1.82, 2.24) is 20.2 Å². The molecule has 24 heavy (non-hydrogen) atoms. The normalized spacial score (nSPS) is 10.5. The van der Waals surface area contributed by atoms with Crippen molar-refractivity contribution in [1.29, 1.82) is 0 Å². The van der Waals surface area contributed by atoms with Gasteiger partial charge in [0.1, 0.15) is 17.3 Å². The Morgan fingerprint density at radius 2 is 1.92 bits per heavy atom. The lowest BCUT2D eigenvalue weighted by Gasteiger charge is -2.10. The van der Waals surface area contributed by atoms with Crippen molar-refractivity contribution in [2.45, 2.75) is 6.42 Å². The second-order valence-corrected chi connectivity index (χ2v) is 5.55. The molecule has 2 N–H and O–H groups in total. The highest BCUT2D eigenvalue weighted by atomic mass is 16.5. The monoisotopic (exact) mass is 329 g/mol. The van der Waals surface area contributed by atoms with Gasteiger partial charge >= 0.3 is 0 Å². The fourth-order valence-corrected chi connectivity index (χ4v) is 2.02. The average molecular weight is 329 g/mol. The minimum atomic E-state index is -0.211. The number of methoxy groups -OCH3 is 1. The molecule has 0 spiro atoms. The maximum Gasteiger partial charge on any atom is 0.271 e. The highest BCUT2D eigenvalue weighted by molar-refractivity contribution is 5.92. The number of hydrogen-bond donors (Lipinski definition) is 2. The van der Waals surface area contributed by atoms with Crippen LogP contribution >= 0.6 is 0 Å². The fourth-order valence-electron chi connectivity index (χ4n) is 2.02. The number of nitrogens with one attached hydrogen (secondary N) is 2. The molecule has 2 aromatic rings. The molecule has 7 nitrogen and oxygen atoms in total. The summed E-state index contributed by atoms with van der Waals surface area (Å²) in [4.78, 5) is 22.4. The van der Waals surface area contributed by atoms with Crippen molar-refractivity contribution in [2.24, 2.45) is 0 Å². The summed E-state index contributed by atoms with van der Waals surface area (Å²) in [6.07, 6.45) is 3.90. The lowest BCUT2D eigenvalue weighted by molar-refractivity contribution is 0.0947. The number of benzene rings is 1. The number of anilines is 2.